The molecule has 2 aliphatic rings. The van der Waals surface area contributed by atoms with Crippen molar-refractivity contribution in [2.45, 2.75) is 32.2 Å². The van der Waals surface area contributed by atoms with Crippen molar-refractivity contribution in [1.29, 1.82) is 0 Å². The molecule has 4 aromatic rings. The lowest BCUT2D eigenvalue weighted by molar-refractivity contribution is 0.174. The van der Waals surface area contributed by atoms with Crippen LogP contribution in [0.1, 0.15) is 28.8 Å². The van der Waals surface area contributed by atoms with Gasteiger partial charge in [-0.2, -0.15) is 0 Å². The molecule has 1 aliphatic heterocycles. The first kappa shape index (κ1) is 16.8. The van der Waals surface area contributed by atoms with E-state index in [1.165, 1.54) is 23.3 Å². The summed E-state index contributed by atoms with van der Waals surface area (Å²) in [6, 6.07) is 7.78. The van der Waals surface area contributed by atoms with Crippen molar-refractivity contribution in [3.8, 4) is 23.1 Å². The van der Waals surface area contributed by atoms with Crippen molar-refractivity contribution in [2.75, 3.05) is 12.1 Å². The predicted molar refractivity (Wildman–Crippen MR) is 109 cm³/mol. The number of benzene rings is 1. The lowest BCUT2D eigenvalue weighted by atomic mass is 9.97. The quantitative estimate of drug-likeness (QED) is 0.532. The number of anilines is 1. The molecule has 29 heavy (non-hydrogen) atoms. The third-order valence-electron chi connectivity index (χ3n) is 5.37. The molecule has 146 valence electrons. The summed E-state index contributed by atoms with van der Waals surface area (Å²) in [4.78, 5) is 12.0. The van der Waals surface area contributed by atoms with Gasteiger partial charge in [0.05, 0.1) is 11.6 Å². The Morgan fingerprint density at radius 2 is 1.97 bits per heavy atom. The summed E-state index contributed by atoms with van der Waals surface area (Å²) < 4.78 is 16.2. The molecular formula is C21H18N4O3S. The Morgan fingerprint density at radius 1 is 1.03 bits per heavy atom. The van der Waals surface area contributed by atoms with E-state index < -0.39 is 0 Å². The summed E-state index contributed by atoms with van der Waals surface area (Å²) in [5, 5.41) is 8.48. The molecule has 0 radical (unpaired) electrons. The number of fused-ring (bicyclic) bond motifs is 4. The average Bonchev–Trinajstić information content (AvgIpc) is 3.50. The summed E-state index contributed by atoms with van der Waals surface area (Å²) in [6.45, 7) is 0.906. The fraction of sp³-hybridized carbons (Fsp3) is 0.286. The monoisotopic (exact) mass is 406 g/mol. The highest BCUT2D eigenvalue weighted by Crippen LogP contribution is 2.40. The first-order valence-corrected chi connectivity index (χ1v) is 10.5. The minimum Gasteiger partial charge on any atom is -0.454 e. The van der Waals surface area contributed by atoms with E-state index in [1.807, 2.05) is 18.2 Å². The molecule has 0 atom stereocenters. The van der Waals surface area contributed by atoms with E-state index in [0.29, 0.717) is 18.1 Å². The van der Waals surface area contributed by atoms with Crippen LogP contribution in [-0.2, 0) is 19.4 Å². The van der Waals surface area contributed by atoms with Crippen molar-refractivity contribution >= 4 is 27.4 Å². The van der Waals surface area contributed by atoms with Gasteiger partial charge in [0.1, 0.15) is 10.6 Å². The molecule has 0 spiro atoms. The van der Waals surface area contributed by atoms with Gasteiger partial charge in [0.2, 0.25) is 18.4 Å². The van der Waals surface area contributed by atoms with E-state index in [2.05, 4.69) is 10.5 Å². The molecule has 0 unspecified atom stereocenters. The zero-order valence-electron chi connectivity index (χ0n) is 15.6. The second-order valence-corrected chi connectivity index (χ2v) is 8.29. The van der Waals surface area contributed by atoms with Crippen molar-refractivity contribution in [3.05, 3.63) is 46.5 Å². The highest BCUT2D eigenvalue weighted by atomic mass is 32.1. The van der Waals surface area contributed by atoms with Gasteiger partial charge in [-0.3, -0.25) is 0 Å². The normalized spacial score (nSPS) is 14.9. The molecule has 0 saturated carbocycles. The standard InChI is InChI=1S/C21H18N4O3S/c1-2-4-17-13(3-1)18-20(22-10-12-5-6-14-16(9-12)27-11-26-14)24-19(25-21(18)29-17)15-7-8-23-28-15/h5-9H,1-4,10-11H2,(H,22,24,25). The van der Waals surface area contributed by atoms with Gasteiger partial charge >= 0.3 is 0 Å². The zero-order chi connectivity index (χ0) is 19.2. The lowest BCUT2D eigenvalue weighted by Crippen LogP contribution is -2.05. The van der Waals surface area contributed by atoms with Crippen LogP contribution >= 0.6 is 11.3 Å². The maximum atomic E-state index is 5.50. The fourth-order valence-electron chi connectivity index (χ4n) is 3.96. The van der Waals surface area contributed by atoms with Gasteiger partial charge < -0.3 is 19.3 Å². The summed E-state index contributed by atoms with van der Waals surface area (Å²) in [6.07, 6.45) is 6.27. The number of thiophene rings is 1. The summed E-state index contributed by atoms with van der Waals surface area (Å²) in [5.41, 5.74) is 2.50. The lowest BCUT2D eigenvalue weighted by Gasteiger charge is -2.13. The second-order valence-electron chi connectivity index (χ2n) is 7.20. The van der Waals surface area contributed by atoms with Gasteiger partial charge in [0.25, 0.3) is 0 Å². The Balaban J connectivity index is 1.41. The van der Waals surface area contributed by atoms with Crippen molar-refractivity contribution in [1.82, 2.24) is 15.1 Å². The Labute approximate surface area is 170 Å². The number of hydrogen-bond donors (Lipinski definition) is 1. The van der Waals surface area contributed by atoms with Crippen molar-refractivity contribution in [3.63, 3.8) is 0 Å². The van der Waals surface area contributed by atoms with Gasteiger partial charge in [-0.25, -0.2) is 9.97 Å². The third kappa shape index (κ3) is 2.91. The van der Waals surface area contributed by atoms with Crippen LogP contribution in [0.25, 0.3) is 21.8 Å². The molecular weight excluding hydrogens is 388 g/mol. The molecule has 1 N–H and O–H groups in total. The molecule has 1 aromatic carbocycles. The Hall–Kier alpha value is -3.13. The maximum absolute atomic E-state index is 5.50. The number of rotatable bonds is 4. The smallest absolute Gasteiger partial charge is 0.231 e. The second kappa shape index (κ2) is 6.73. The van der Waals surface area contributed by atoms with Crippen LogP contribution in [0.4, 0.5) is 5.82 Å². The van der Waals surface area contributed by atoms with E-state index >= 15 is 0 Å². The van der Waals surface area contributed by atoms with Gasteiger partial charge in [-0.1, -0.05) is 11.2 Å². The topological polar surface area (TPSA) is 82.3 Å². The molecule has 0 saturated heterocycles. The fourth-order valence-corrected chi connectivity index (χ4v) is 5.22. The Kier molecular flexibility index (Phi) is 3.90. The Morgan fingerprint density at radius 3 is 2.90 bits per heavy atom. The van der Waals surface area contributed by atoms with E-state index in [4.69, 9.17) is 24.0 Å². The molecule has 0 amide bonds. The first-order chi connectivity index (χ1) is 14.3. The first-order valence-electron chi connectivity index (χ1n) is 9.71. The summed E-state index contributed by atoms with van der Waals surface area (Å²) >= 11 is 1.77. The van der Waals surface area contributed by atoms with Gasteiger partial charge in [0.15, 0.2) is 11.5 Å². The minimum atomic E-state index is 0.278. The van der Waals surface area contributed by atoms with Gasteiger partial charge in [-0.05, 0) is 48.9 Å². The number of nitrogens with one attached hydrogen (secondary N) is 1. The SMILES string of the molecule is c1cc(-c2nc(NCc3ccc4c(c3)OCO4)c3c4c(sc3n2)CCCC4)on1. The van der Waals surface area contributed by atoms with E-state index in [0.717, 1.165) is 45.9 Å². The maximum Gasteiger partial charge on any atom is 0.231 e. The zero-order valence-corrected chi connectivity index (χ0v) is 16.4. The summed E-state index contributed by atoms with van der Waals surface area (Å²) in [5.74, 6) is 3.55. The Bertz CT molecular complexity index is 1200. The average molecular weight is 406 g/mol. The van der Waals surface area contributed by atoms with Gasteiger partial charge in [0, 0.05) is 17.5 Å². The van der Waals surface area contributed by atoms with E-state index in [1.54, 1.807) is 23.6 Å². The van der Waals surface area contributed by atoms with Gasteiger partial charge in [-0.15, -0.1) is 11.3 Å². The summed E-state index contributed by atoms with van der Waals surface area (Å²) in [7, 11) is 0. The van der Waals surface area contributed by atoms with E-state index in [9.17, 15) is 0 Å². The number of aromatic nitrogens is 3. The third-order valence-corrected chi connectivity index (χ3v) is 6.56. The number of nitrogens with zero attached hydrogens (tertiary/aromatic N) is 3. The van der Waals surface area contributed by atoms with Crippen LogP contribution < -0.4 is 14.8 Å². The number of hydrogen-bond acceptors (Lipinski definition) is 8. The van der Waals surface area contributed by atoms with Crippen molar-refractivity contribution in [2.24, 2.45) is 0 Å². The molecule has 7 nitrogen and oxygen atoms in total. The molecule has 4 heterocycles. The molecule has 1 aliphatic carbocycles. The molecule has 0 bridgehead atoms. The highest BCUT2D eigenvalue weighted by molar-refractivity contribution is 7.19. The van der Waals surface area contributed by atoms with E-state index in [-0.39, 0.29) is 6.79 Å². The largest absolute Gasteiger partial charge is 0.454 e. The molecule has 6 rings (SSSR count). The number of aryl methyl sites for hydroxylation is 2. The van der Waals surface area contributed by atoms with Crippen molar-refractivity contribution < 1.29 is 14.0 Å². The van der Waals surface area contributed by atoms with Crippen LogP contribution in [0.3, 0.4) is 0 Å². The van der Waals surface area contributed by atoms with Crippen LogP contribution in [0, 0.1) is 0 Å². The van der Waals surface area contributed by atoms with Crippen LogP contribution in [0.15, 0.2) is 35.0 Å². The predicted octanol–water partition coefficient (Wildman–Crippen LogP) is 4.57. The highest BCUT2D eigenvalue weighted by Gasteiger charge is 2.22. The number of ether oxygens (including phenoxy) is 2. The molecule has 8 heteroatoms. The van der Waals surface area contributed by atoms with Crippen LogP contribution in [0.5, 0.6) is 11.5 Å². The molecule has 3 aromatic heterocycles. The van der Waals surface area contributed by atoms with Crippen LogP contribution in [-0.4, -0.2) is 21.9 Å². The minimum absolute atomic E-state index is 0.278. The van der Waals surface area contributed by atoms with Crippen LogP contribution in [0.2, 0.25) is 0 Å². The molecule has 0 fully saturated rings.